The Morgan fingerprint density at radius 3 is 2.30 bits per heavy atom. The Kier molecular flexibility index (Phi) is 9.52. The van der Waals surface area contributed by atoms with E-state index >= 15 is 0 Å². The van der Waals surface area contributed by atoms with Gasteiger partial charge in [0.2, 0.25) is 0 Å². The number of nitro benzene ring substituents is 1. The minimum Gasteiger partial charge on any atom is -0.493 e. The average molecular weight is 646 g/mol. The predicted molar refractivity (Wildman–Crippen MR) is 170 cm³/mol. The van der Waals surface area contributed by atoms with Gasteiger partial charge in [0.05, 0.1) is 54.7 Å². The van der Waals surface area contributed by atoms with Gasteiger partial charge in [-0.05, 0) is 73.0 Å². The third kappa shape index (κ3) is 6.35. The first kappa shape index (κ1) is 32.0. The quantitative estimate of drug-likeness (QED) is 0.133. The second kappa shape index (κ2) is 13.7. The minimum absolute atomic E-state index is 0.00159. The van der Waals surface area contributed by atoms with E-state index in [1.165, 1.54) is 49.4 Å². The fourth-order valence-corrected chi connectivity index (χ4v) is 6.10. The van der Waals surface area contributed by atoms with Crippen LogP contribution in [-0.4, -0.2) is 43.4 Å². The summed E-state index contributed by atoms with van der Waals surface area (Å²) in [5.41, 5.74) is 2.41. The maximum Gasteiger partial charge on any atom is 0.338 e. The van der Waals surface area contributed by atoms with Crippen molar-refractivity contribution in [2.45, 2.75) is 26.5 Å². The lowest BCUT2D eigenvalue weighted by molar-refractivity contribution is -0.384. The van der Waals surface area contributed by atoms with Gasteiger partial charge in [0.1, 0.15) is 6.61 Å². The number of fused-ring (bicyclic) bond motifs is 1. The van der Waals surface area contributed by atoms with Crippen LogP contribution in [0, 0.1) is 10.1 Å². The standard InChI is InChI=1S/C33H31N3O9S/c1-6-44-32(38)29-19(2)34-33-35(30(29)22-10-14-24(41-3)27(17-22)43-5)31(37)28(46-33)16-21-9-13-25(26(15-21)42-4)45-18-20-7-11-23(12-8-20)36(39)40/h7-17,30H,6,18H2,1-5H3/b28-16-. The highest BCUT2D eigenvalue weighted by Crippen LogP contribution is 2.36. The molecule has 12 nitrogen and oxygen atoms in total. The van der Waals surface area contributed by atoms with Crippen molar-refractivity contribution >= 4 is 29.1 Å². The molecule has 5 rings (SSSR count). The lowest BCUT2D eigenvalue weighted by atomic mass is 9.95. The molecule has 0 bridgehead atoms. The number of benzene rings is 3. The maximum absolute atomic E-state index is 14.0. The average Bonchev–Trinajstić information content (AvgIpc) is 3.36. The zero-order valence-electron chi connectivity index (χ0n) is 25.8. The summed E-state index contributed by atoms with van der Waals surface area (Å²) in [6.45, 7) is 3.77. The Bertz CT molecular complexity index is 2010. The normalized spacial score (nSPS) is 14.3. The molecule has 1 aliphatic heterocycles. The minimum atomic E-state index is -0.818. The van der Waals surface area contributed by atoms with Gasteiger partial charge in [0, 0.05) is 12.1 Å². The molecule has 1 atom stereocenters. The second-order valence-electron chi connectivity index (χ2n) is 10.0. The first-order valence-electron chi connectivity index (χ1n) is 14.1. The molecule has 3 aromatic carbocycles. The van der Waals surface area contributed by atoms with Crippen molar-refractivity contribution in [3.8, 4) is 23.0 Å². The highest BCUT2D eigenvalue weighted by molar-refractivity contribution is 7.07. The van der Waals surface area contributed by atoms with Crippen LogP contribution in [0.2, 0.25) is 0 Å². The Morgan fingerprint density at radius 2 is 1.65 bits per heavy atom. The molecule has 13 heteroatoms. The molecule has 1 aliphatic rings. The Morgan fingerprint density at radius 1 is 0.978 bits per heavy atom. The molecule has 1 unspecified atom stereocenters. The Balaban J connectivity index is 1.53. The molecule has 0 radical (unpaired) electrons. The number of thiazole rings is 1. The van der Waals surface area contributed by atoms with Crippen molar-refractivity contribution < 1.29 is 33.4 Å². The fraction of sp³-hybridized carbons (Fsp3) is 0.242. The zero-order valence-corrected chi connectivity index (χ0v) is 26.6. The van der Waals surface area contributed by atoms with Crippen LogP contribution >= 0.6 is 11.3 Å². The van der Waals surface area contributed by atoms with Gasteiger partial charge in [-0.2, -0.15) is 0 Å². The number of carbonyl (C=O) groups is 1. The molecule has 0 saturated heterocycles. The predicted octanol–water partition coefficient (Wildman–Crippen LogP) is 4.31. The monoisotopic (exact) mass is 645 g/mol. The molecule has 2 heterocycles. The van der Waals surface area contributed by atoms with E-state index in [1.54, 1.807) is 68.5 Å². The summed E-state index contributed by atoms with van der Waals surface area (Å²) in [4.78, 5) is 42.7. The first-order chi connectivity index (χ1) is 22.2. The highest BCUT2D eigenvalue weighted by atomic mass is 32.1. The lowest BCUT2D eigenvalue weighted by Gasteiger charge is -2.25. The number of nitro groups is 1. The Hall–Kier alpha value is -5.43. The van der Waals surface area contributed by atoms with E-state index in [-0.39, 0.29) is 30.0 Å². The van der Waals surface area contributed by atoms with Gasteiger partial charge < -0.3 is 23.7 Å². The number of hydrogen-bond donors (Lipinski definition) is 0. The number of ether oxygens (including phenoxy) is 5. The lowest BCUT2D eigenvalue weighted by Crippen LogP contribution is -2.39. The van der Waals surface area contributed by atoms with Gasteiger partial charge in [-0.1, -0.05) is 23.5 Å². The smallest absolute Gasteiger partial charge is 0.338 e. The molecular weight excluding hydrogens is 614 g/mol. The number of esters is 1. The molecule has 0 amide bonds. The van der Waals surface area contributed by atoms with E-state index in [2.05, 4.69) is 4.99 Å². The second-order valence-corrected chi connectivity index (χ2v) is 11.0. The highest BCUT2D eigenvalue weighted by Gasteiger charge is 2.34. The van der Waals surface area contributed by atoms with E-state index in [4.69, 9.17) is 23.7 Å². The summed E-state index contributed by atoms with van der Waals surface area (Å²) in [5.74, 6) is 1.29. The molecule has 0 saturated carbocycles. The first-order valence-corrected chi connectivity index (χ1v) is 15.0. The third-order valence-corrected chi connectivity index (χ3v) is 8.25. The summed E-state index contributed by atoms with van der Waals surface area (Å²) in [6, 6.07) is 15.8. The number of hydrogen-bond acceptors (Lipinski definition) is 11. The van der Waals surface area contributed by atoms with E-state index in [0.29, 0.717) is 49.2 Å². The zero-order chi connectivity index (χ0) is 33.0. The summed E-state index contributed by atoms with van der Waals surface area (Å²) in [5, 5.41) is 10.9. The molecule has 0 N–H and O–H groups in total. The van der Waals surface area contributed by atoms with Crippen LogP contribution in [0.1, 0.15) is 36.6 Å². The van der Waals surface area contributed by atoms with E-state index < -0.39 is 16.9 Å². The van der Waals surface area contributed by atoms with E-state index in [0.717, 1.165) is 5.56 Å². The molecule has 1 aromatic heterocycles. The topological polar surface area (TPSA) is 141 Å². The number of aromatic nitrogens is 1. The summed E-state index contributed by atoms with van der Waals surface area (Å²) in [6.07, 6.45) is 1.72. The molecule has 46 heavy (non-hydrogen) atoms. The van der Waals surface area contributed by atoms with Crippen LogP contribution in [0.25, 0.3) is 6.08 Å². The van der Waals surface area contributed by atoms with Gasteiger partial charge in [-0.15, -0.1) is 0 Å². The van der Waals surface area contributed by atoms with Crippen molar-refractivity contribution in [3.05, 3.63) is 118 Å². The van der Waals surface area contributed by atoms with Crippen molar-refractivity contribution in [2.75, 3.05) is 27.9 Å². The molecule has 238 valence electrons. The SMILES string of the molecule is CCOC(=O)C1=C(C)N=c2s/c(=C\c3ccc(OCc4ccc([N+](=O)[O-])cc4)c(OC)c3)c(=O)n2C1c1ccc(OC)c(OC)c1. The number of methoxy groups -OCH3 is 3. The summed E-state index contributed by atoms with van der Waals surface area (Å²) >= 11 is 1.20. The molecular formula is C33H31N3O9S. The van der Waals surface area contributed by atoms with Crippen molar-refractivity contribution in [1.82, 2.24) is 4.57 Å². The molecule has 0 fully saturated rings. The number of nitrogens with zero attached hydrogens (tertiary/aromatic N) is 3. The fourth-order valence-electron chi connectivity index (χ4n) is 5.05. The Labute approximate surface area is 267 Å². The van der Waals surface area contributed by atoms with Gasteiger partial charge in [-0.25, -0.2) is 9.79 Å². The van der Waals surface area contributed by atoms with Gasteiger partial charge in [0.25, 0.3) is 11.2 Å². The number of carbonyl (C=O) groups excluding carboxylic acids is 1. The number of non-ortho nitro benzene ring substituents is 1. The van der Waals surface area contributed by atoms with Gasteiger partial charge >= 0.3 is 5.97 Å². The van der Waals surface area contributed by atoms with Crippen molar-refractivity contribution in [3.63, 3.8) is 0 Å². The van der Waals surface area contributed by atoms with Crippen LogP contribution in [0.4, 0.5) is 5.69 Å². The van der Waals surface area contributed by atoms with Crippen molar-refractivity contribution in [2.24, 2.45) is 4.99 Å². The summed E-state index contributed by atoms with van der Waals surface area (Å²) in [7, 11) is 4.55. The van der Waals surface area contributed by atoms with Crippen molar-refractivity contribution in [1.29, 1.82) is 0 Å². The molecule has 4 aromatic rings. The largest absolute Gasteiger partial charge is 0.493 e. The van der Waals surface area contributed by atoms with Gasteiger partial charge in [-0.3, -0.25) is 19.5 Å². The summed E-state index contributed by atoms with van der Waals surface area (Å²) < 4.78 is 29.6. The maximum atomic E-state index is 14.0. The van der Waals surface area contributed by atoms with Gasteiger partial charge in [0.15, 0.2) is 27.8 Å². The van der Waals surface area contributed by atoms with Crippen LogP contribution in [0.5, 0.6) is 23.0 Å². The molecule has 0 aliphatic carbocycles. The van der Waals surface area contributed by atoms with E-state index in [9.17, 15) is 19.7 Å². The van der Waals surface area contributed by atoms with Crippen LogP contribution in [0.3, 0.4) is 0 Å². The molecule has 0 spiro atoms. The number of rotatable bonds is 11. The van der Waals surface area contributed by atoms with Crippen LogP contribution in [-0.2, 0) is 16.1 Å². The van der Waals surface area contributed by atoms with E-state index in [1.807, 2.05) is 0 Å². The van der Waals surface area contributed by atoms with Crippen LogP contribution < -0.4 is 33.8 Å². The number of allylic oxidation sites excluding steroid dienone is 1. The third-order valence-electron chi connectivity index (χ3n) is 7.27. The van der Waals surface area contributed by atoms with Crippen LogP contribution in [0.15, 0.2) is 81.7 Å².